The quantitative estimate of drug-likeness (QED) is 0.725. The molecule has 0 spiro atoms. The number of hydrogen-bond acceptors (Lipinski definition) is 4. The van der Waals surface area contributed by atoms with Crippen LogP contribution < -0.4 is 10.6 Å². The molecule has 0 unspecified atom stereocenters. The number of carbonyl (C=O) groups is 1. The fraction of sp³-hybridized carbons (Fsp3) is 0.105. The lowest BCUT2D eigenvalue weighted by Crippen LogP contribution is -2.24. The molecule has 0 aliphatic heterocycles. The van der Waals surface area contributed by atoms with Crippen molar-refractivity contribution in [1.82, 2.24) is 15.5 Å². The van der Waals surface area contributed by atoms with Crippen molar-refractivity contribution in [2.45, 2.75) is 13.5 Å². The first-order valence-corrected chi connectivity index (χ1v) is 8.18. The lowest BCUT2D eigenvalue weighted by Gasteiger charge is -2.07. The van der Waals surface area contributed by atoms with E-state index in [1.807, 2.05) is 49.4 Å². The van der Waals surface area contributed by atoms with E-state index in [1.54, 1.807) is 18.2 Å². The highest BCUT2D eigenvalue weighted by molar-refractivity contribution is 6.31. The minimum Gasteiger partial charge on any atom is -0.347 e. The Morgan fingerprint density at radius 3 is 2.44 bits per heavy atom. The van der Waals surface area contributed by atoms with Crippen LogP contribution in [-0.2, 0) is 6.54 Å². The second kappa shape index (κ2) is 7.77. The molecular formula is C19H17ClN4O. The van der Waals surface area contributed by atoms with Gasteiger partial charge in [0.2, 0.25) is 0 Å². The Balaban J connectivity index is 1.60. The molecule has 1 heterocycles. The summed E-state index contributed by atoms with van der Waals surface area (Å²) in [4.78, 5) is 12.2. The number of benzene rings is 2. The topological polar surface area (TPSA) is 66.9 Å². The molecule has 2 N–H and O–H groups in total. The fourth-order valence-electron chi connectivity index (χ4n) is 2.21. The van der Waals surface area contributed by atoms with E-state index in [0.29, 0.717) is 17.4 Å². The smallest absolute Gasteiger partial charge is 0.272 e. The molecule has 0 aliphatic carbocycles. The van der Waals surface area contributed by atoms with Crippen LogP contribution in [0.2, 0.25) is 5.02 Å². The van der Waals surface area contributed by atoms with Crippen LogP contribution in [-0.4, -0.2) is 16.1 Å². The van der Waals surface area contributed by atoms with E-state index >= 15 is 0 Å². The van der Waals surface area contributed by atoms with Crippen molar-refractivity contribution >= 4 is 29.0 Å². The third-order valence-corrected chi connectivity index (χ3v) is 3.99. The van der Waals surface area contributed by atoms with Crippen LogP contribution in [0.3, 0.4) is 0 Å². The summed E-state index contributed by atoms with van der Waals surface area (Å²) < 4.78 is 0. The summed E-state index contributed by atoms with van der Waals surface area (Å²) in [6.45, 7) is 2.36. The zero-order valence-corrected chi connectivity index (χ0v) is 14.4. The van der Waals surface area contributed by atoms with Gasteiger partial charge in [0.05, 0.1) is 0 Å². The lowest BCUT2D eigenvalue weighted by atomic mass is 10.2. The van der Waals surface area contributed by atoms with Crippen molar-refractivity contribution in [3.8, 4) is 0 Å². The second-order valence-corrected chi connectivity index (χ2v) is 5.98. The van der Waals surface area contributed by atoms with Crippen molar-refractivity contribution < 1.29 is 4.79 Å². The summed E-state index contributed by atoms with van der Waals surface area (Å²) in [6, 6.07) is 18.7. The van der Waals surface area contributed by atoms with Crippen molar-refractivity contribution in [3.63, 3.8) is 0 Å². The van der Waals surface area contributed by atoms with E-state index in [1.165, 1.54) is 5.56 Å². The summed E-state index contributed by atoms with van der Waals surface area (Å²) in [5, 5.41) is 14.6. The predicted molar refractivity (Wildman–Crippen MR) is 99.1 cm³/mol. The Bertz CT molecular complexity index is 863. The summed E-state index contributed by atoms with van der Waals surface area (Å²) in [5.74, 6) is 0.279. The molecule has 6 heteroatoms. The number of hydrogen-bond donors (Lipinski definition) is 2. The van der Waals surface area contributed by atoms with E-state index in [0.717, 1.165) is 11.3 Å². The molecule has 3 aromatic rings. The maximum atomic E-state index is 12.2. The van der Waals surface area contributed by atoms with E-state index in [-0.39, 0.29) is 11.6 Å². The molecule has 2 aromatic carbocycles. The molecule has 0 aliphatic rings. The first-order chi connectivity index (χ1) is 12.1. The van der Waals surface area contributed by atoms with Gasteiger partial charge in [-0.05, 0) is 42.8 Å². The molecule has 0 fully saturated rings. The fourth-order valence-corrected chi connectivity index (χ4v) is 2.42. The molecular weight excluding hydrogens is 336 g/mol. The summed E-state index contributed by atoms with van der Waals surface area (Å²) in [7, 11) is 0. The second-order valence-electron chi connectivity index (χ2n) is 5.57. The Morgan fingerprint density at radius 1 is 1.00 bits per heavy atom. The van der Waals surface area contributed by atoms with Crippen LogP contribution in [0.4, 0.5) is 11.5 Å². The average Bonchev–Trinajstić information content (AvgIpc) is 2.63. The zero-order valence-electron chi connectivity index (χ0n) is 13.7. The van der Waals surface area contributed by atoms with Gasteiger partial charge in [-0.2, -0.15) is 0 Å². The van der Waals surface area contributed by atoms with Crippen LogP contribution in [0.1, 0.15) is 21.6 Å². The number of halogens is 1. The minimum absolute atomic E-state index is 0.251. The van der Waals surface area contributed by atoms with Gasteiger partial charge >= 0.3 is 0 Å². The van der Waals surface area contributed by atoms with E-state index in [9.17, 15) is 4.79 Å². The van der Waals surface area contributed by atoms with E-state index in [2.05, 4.69) is 20.8 Å². The average molecular weight is 353 g/mol. The molecule has 25 heavy (non-hydrogen) atoms. The van der Waals surface area contributed by atoms with Crippen molar-refractivity contribution in [2.24, 2.45) is 0 Å². The number of nitrogens with zero attached hydrogens (tertiary/aromatic N) is 2. The first-order valence-electron chi connectivity index (χ1n) is 7.81. The Kier molecular flexibility index (Phi) is 5.26. The van der Waals surface area contributed by atoms with Gasteiger partial charge in [0.1, 0.15) is 0 Å². The number of anilines is 2. The summed E-state index contributed by atoms with van der Waals surface area (Å²) in [6.07, 6.45) is 0. The van der Waals surface area contributed by atoms with Crippen LogP contribution in [0.15, 0.2) is 60.7 Å². The van der Waals surface area contributed by atoms with Gasteiger partial charge in [-0.3, -0.25) is 4.79 Å². The van der Waals surface area contributed by atoms with Crippen LogP contribution in [0, 0.1) is 6.92 Å². The monoisotopic (exact) mass is 352 g/mol. The van der Waals surface area contributed by atoms with Gasteiger partial charge in [-0.1, -0.05) is 47.5 Å². The molecule has 126 valence electrons. The zero-order chi connectivity index (χ0) is 17.6. The summed E-state index contributed by atoms with van der Waals surface area (Å²) in [5.41, 5.74) is 3.20. The molecule has 5 nitrogen and oxygen atoms in total. The van der Waals surface area contributed by atoms with Crippen LogP contribution in [0.5, 0.6) is 0 Å². The van der Waals surface area contributed by atoms with Gasteiger partial charge in [0, 0.05) is 17.3 Å². The van der Waals surface area contributed by atoms with Crippen molar-refractivity contribution in [3.05, 3.63) is 82.5 Å². The van der Waals surface area contributed by atoms with Gasteiger partial charge in [-0.15, -0.1) is 10.2 Å². The maximum absolute atomic E-state index is 12.2. The minimum atomic E-state index is -0.297. The van der Waals surface area contributed by atoms with Gasteiger partial charge in [-0.25, -0.2) is 0 Å². The molecule has 0 atom stereocenters. The number of carbonyl (C=O) groups excluding carboxylic acids is 1. The van der Waals surface area contributed by atoms with E-state index < -0.39 is 0 Å². The molecule has 0 saturated carbocycles. The van der Waals surface area contributed by atoms with Gasteiger partial charge < -0.3 is 10.6 Å². The SMILES string of the molecule is Cc1ccc(Nc2ccc(C(=O)NCc3ccccc3Cl)nn2)cc1. The lowest BCUT2D eigenvalue weighted by molar-refractivity contribution is 0.0945. The molecule has 1 aromatic heterocycles. The molecule has 3 rings (SSSR count). The molecule has 1 amide bonds. The number of rotatable bonds is 5. The van der Waals surface area contributed by atoms with Crippen LogP contribution in [0.25, 0.3) is 0 Å². The molecule has 0 radical (unpaired) electrons. The largest absolute Gasteiger partial charge is 0.347 e. The van der Waals surface area contributed by atoms with Crippen molar-refractivity contribution in [1.29, 1.82) is 0 Å². The number of nitrogens with one attached hydrogen (secondary N) is 2. The third kappa shape index (κ3) is 4.55. The predicted octanol–water partition coefficient (Wildman–Crippen LogP) is 4.11. The Labute approximate surface area is 151 Å². The molecule has 0 saturated heterocycles. The standard InChI is InChI=1S/C19H17ClN4O/c1-13-6-8-15(9-7-13)22-18-11-10-17(23-24-18)19(25)21-12-14-4-2-3-5-16(14)20/h2-11H,12H2,1H3,(H,21,25)(H,22,24). The maximum Gasteiger partial charge on any atom is 0.272 e. The number of aromatic nitrogens is 2. The first kappa shape index (κ1) is 16.9. The molecule has 0 bridgehead atoms. The number of aryl methyl sites for hydroxylation is 1. The Morgan fingerprint density at radius 2 is 1.76 bits per heavy atom. The third-order valence-electron chi connectivity index (χ3n) is 3.62. The highest BCUT2D eigenvalue weighted by Crippen LogP contribution is 2.16. The van der Waals surface area contributed by atoms with Crippen molar-refractivity contribution in [2.75, 3.05) is 5.32 Å². The summed E-state index contributed by atoms with van der Waals surface area (Å²) >= 11 is 6.07. The number of amides is 1. The van der Waals surface area contributed by atoms with Gasteiger partial charge in [0.25, 0.3) is 5.91 Å². The highest BCUT2D eigenvalue weighted by atomic mass is 35.5. The van der Waals surface area contributed by atoms with E-state index in [4.69, 9.17) is 11.6 Å². The van der Waals surface area contributed by atoms with Crippen LogP contribution >= 0.6 is 11.6 Å². The Hall–Kier alpha value is -2.92. The normalized spacial score (nSPS) is 10.3. The van der Waals surface area contributed by atoms with Gasteiger partial charge in [0.15, 0.2) is 11.5 Å². The highest BCUT2D eigenvalue weighted by Gasteiger charge is 2.09.